The average molecular weight is 197 g/mol. The van der Waals surface area contributed by atoms with E-state index in [0.717, 1.165) is 0 Å². The predicted octanol–water partition coefficient (Wildman–Crippen LogP) is 0.591. The molecule has 0 spiro atoms. The summed E-state index contributed by atoms with van der Waals surface area (Å²) in [5.41, 5.74) is 0. The smallest absolute Gasteiger partial charge is 0.214 e. The molecular weight excluding hydrogens is 190 g/mol. The molecule has 1 heterocycles. The maximum absolute atomic E-state index is 11.4. The molecule has 0 aliphatic carbocycles. The van der Waals surface area contributed by atoms with Crippen LogP contribution in [0.15, 0.2) is 34.3 Å². The molecule has 13 heavy (non-hydrogen) atoms. The molecule has 1 rings (SSSR count). The molecule has 0 atom stereocenters. The Hall–Kier alpha value is -1.45. The SMILES string of the molecule is CC(=C=O)S(=O)(=O)c1cccnc1. The van der Waals surface area contributed by atoms with Crippen LogP contribution >= 0.6 is 0 Å². The van der Waals surface area contributed by atoms with Gasteiger partial charge in [-0.25, -0.2) is 13.2 Å². The Balaban J connectivity index is 3.33. The van der Waals surface area contributed by atoms with E-state index in [1.54, 1.807) is 0 Å². The van der Waals surface area contributed by atoms with Crippen molar-refractivity contribution in [3.05, 3.63) is 29.4 Å². The van der Waals surface area contributed by atoms with Gasteiger partial charge in [0.15, 0.2) is 0 Å². The van der Waals surface area contributed by atoms with Crippen molar-refractivity contribution in [2.24, 2.45) is 0 Å². The third-order valence-corrected chi connectivity index (χ3v) is 3.24. The third kappa shape index (κ3) is 1.83. The van der Waals surface area contributed by atoms with Crippen molar-refractivity contribution in [2.75, 3.05) is 0 Å². The first-order chi connectivity index (χ1) is 6.09. The van der Waals surface area contributed by atoms with Crippen LogP contribution in [-0.2, 0) is 14.6 Å². The van der Waals surface area contributed by atoms with Gasteiger partial charge in [-0.15, -0.1) is 0 Å². The number of sulfone groups is 1. The molecule has 0 N–H and O–H groups in total. The van der Waals surface area contributed by atoms with E-state index in [-0.39, 0.29) is 9.80 Å². The van der Waals surface area contributed by atoms with E-state index in [1.165, 1.54) is 37.4 Å². The van der Waals surface area contributed by atoms with Gasteiger partial charge in [0, 0.05) is 12.4 Å². The second kappa shape index (κ2) is 3.51. The van der Waals surface area contributed by atoms with Crippen molar-refractivity contribution in [3.63, 3.8) is 0 Å². The van der Waals surface area contributed by atoms with Crippen LogP contribution in [-0.4, -0.2) is 19.3 Å². The lowest BCUT2D eigenvalue weighted by molar-refractivity contribution is 0.567. The summed E-state index contributed by atoms with van der Waals surface area (Å²) < 4.78 is 22.8. The van der Waals surface area contributed by atoms with Crippen LogP contribution in [0.25, 0.3) is 0 Å². The lowest BCUT2D eigenvalue weighted by Gasteiger charge is -1.98. The number of pyridine rings is 1. The van der Waals surface area contributed by atoms with E-state index in [2.05, 4.69) is 4.98 Å². The lowest BCUT2D eigenvalue weighted by atomic mass is 10.5. The van der Waals surface area contributed by atoms with E-state index in [9.17, 15) is 13.2 Å². The summed E-state index contributed by atoms with van der Waals surface area (Å²) in [5.74, 6) is 1.35. The van der Waals surface area contributed by atoms with Crippen LogP contribution in [0.4, 0.5) is 0 Å². The van der Waals surface area contributed by atoms with Crippen molar-refractivity contribution in [2.45, 2.75) is 11.8 Å². The molecule has 5 heteroatoms. The van der Waals surface area contributed by atoms with Crippen LogP contribution in [0.2, 0.25) is 0 Å². The molecule has 0 aliphatic rings. The van der Waals surface area contributed by atoms with Gasteiger partial charge in [0.2, 0.25) is 9.84 Å². The fourth-order valence-electron chi connectivity index (χ4n) is 0.738. The second-order valence-corrected chi connectivity index (χ2v) is 4.44. The van der Waals surface area contributed by atoms with Gasteiger partial charge in [-0.3, -0.25) is 4.98 Å². The van der Waals surface area contributed by atoms with Gasteiger partial charge in [-0.05, 0) is 19.1 Å². The predicted molar refractivity (Wildman–Crippen MR) is 46.3 cm³/mol. The van der Waals surface area contributed by atoms with E-state index < -0.39 is 9.84 Å². The molecule has 1 aromatic heterocycles. The first kappa shape index (κ1) is 9.64. The number of rotatable bonds is 2. The summed E-state index contributed by atoms with van der Waals surface area (Å²) in [6, 6.07) is 2.87. The van der Waals surface area contributed by atoms with Gasteiger partial charge >= 0.3 is 0 Å². The van der Waals surface area contributed by atoms with E-state index >= 15 is 0 Å². The number of nitrogens with zero attached hydrogens (tertiary/aromatic N) is 1. The zero-order valence-corrected chi connectivity index (χ0v) is 7.71. The van der Waals surface area contributed by atoms with Crippen LogP contribution in [0.1, 0.15) is 6.92 Å². The van der Waals surface area contributed by atoms with Crippen molar-refractivity contribution >= 4 is 15.8 Å². The highest BCUT2D eigenvalue weighted by atomic mass is 32.2. The van der Waals surface area contributed by atoms with Crippen molar-refractivity contribution in [1.82, 2.24) is 4.98 Å². The number of aromatic nitrogens is 1. The minimum atomic E-state index is -3.66. The Morgan fingerprint density at radius 1 is 1.54 bits per heavy atom. The summed E-state index contributed by atoms with van der Waals surface area (Å²) in [7, 11) is -3.66. The van der Waals surface area contributed by atoms with Gasteiger partial charge < -0.3 is 0 Å². The Bertz CT molecular complexity index is 444. The summed E-state index contributed by atoms with van der Waals surface area (Å²) in [6.45, 7) is 1.20. The highest BCUT2D eigenvalue weighted by Crippen LogP contribution is 2.14. The van der Waals surface area contributed by atoms with Crippen LogP contribution in [0, 0.1) is 0 Å². The molecule has 0 saturated heterocycles. The van der Waals surface area contributed by atoms with E-state index in [4.69, 9.17) is 0 Å². The van der Waals surface area contributed by atoms with Gasteiger partial charge in [0.1, 0.15) is 10.8 Å². The highest BCUT2D eigenvalue weighted by molar-refractivity contribution is 7.95. The van der Waals surface area contributed by atoms with Gasteiger partial charge in [-0.2, -0.15) is 0 Å². The number of hydrogen-bond donors (Lipinski definition) is 0. The number of carbonyl (C=O) groups excluding carboxylic acids is 1. The van der Waals surface area contributed by atoms with Gasteiger partial charge in [0.05, 0.1) is 4.90 Å². The normalized spacial score (nSPS) is 10.5. The fourth-order valence-corrected chi connectivity index (χ4v) is 1.66. The minimum absolute atomic E-state index is 0.0100. The third-order valence-electron chi connectivity index (χ3n) is 1.49. The minimum Gasteiger partial charge on any atom is -0.263 e. The molecular formula is C8H7NO3S. The highest BCUT2D eigenvalue weighted by Gasteiger charge is 2.17. The summed E-state index contributed by atoms with van der Waals surface area (Å²) in [5, 5.41) is 0. The van der Waals surface area contributed by atoms with E-state index in [0.29, 0.717) is 0 Å². The van der Waals surface area contributed by atoms with Crippen molar-refractivity contribution in [3.8, 4) is 0 Å². The van der Waals surface area contributed by atoms with E-state index in [1.807, 2.05) is 0 Å². The molecule has 0 amide bonds. The van der Waals surface area contributed by atoms with Crippen LogP contribution in [0.5, 0.6) is 0 Å². The Kier molecular flexibility index (Phi) is 2.60. The molecule has 0 saturated carbocycles. The molecule has 0 bridgehead atoms. The molecule has 68 valence electrons. The summed E-state index contributed by atoms with van der Waals surface area (Å²) in [4.78, 5) is 13.5. The lowest BCUT2D eigenvalue weighted by Crippen LogP contribution is -2.02. The van der Waals surface area contributed by atoms with Gasteiger partial charge in [-0.1, -0.05) is 0 Å². The Morgan fingerprint density at radius 2 is 2.23 bits per heavy atom. The molecule has 0 unspecified atom stereocenters. The molecule has 0 fully saturated rings. The van der Waals surface area contributed by atoms with Crippen molar-refractivity contribution in [1.29, 1.82) is 0 Å². The average Bonchev–Trinajstić information content (AvgIpc) is 2.18. The maximum atomic E-state index is 11.4. The fraction of sp³-hybridized carbons (Fsp3) is 0.125. The van der Waals surface area contributed by atoms with Crippen LogP contribution in [0.3, 0.4) is 0 Å². The van der Waals surface area contributed by atoms with Crippen LogP contribution < -0.4 is 0 Å². The molecule has 0 aliphatic heterocycles. The Labute approximate surface area is 75.8 Å². The molecule has 0 aromatic carbocycles. The topological polar surface area (TPSA) is 64.1 Å². The summed E-state index contributed by atoms with van der Waals surface area (Å²) in [6.07, 6.45) is 2.65. The largest absolute Gasteiger partial charge is 0.263 e. The first-order valence-corrected chi connectivity index (χ1v) is 4.94. The van der Waals surface area contributed by atoms with Gasteiger partial charge in [0.25, 0.3) is 0 Å². The Morgan fingerprint density at radius 3 is 2.69 bits per heavy atom. The standard InChI is InChI=1S/C8H7NO3S/c1-7(6-10)13(11,12)8-3-2-4-9-5-8/h2-5H,1H3. The zero-order valence-electron chi connectivity index (χ0n) is 6.89. The maximum Gasteiger partial charge on any atom is 0.214 e. The summed E-state index contributed by atoms with van der Waals surface area (Å²) >= 11 is 0. The quantitative estimate of drug-likeness (QED) is 0.651. The monoisotopic (exact) mass is 197 g/mol. The number of hydrogen-bond acceptors (Lipinski definition) is 4. The van der Waals surface area contributed by atoms with Crippen molar-refractivity contribution < 1.29 is 13.2 Å². The molecule has 0 radical (unpaired) electrons. The molecule has 1 aromatic rings. The molecule has 4 nitrogen and oxygen atoms in total. The number of allylic oxidation sites excluding steroid dienone is 1. The first-order valence-electron chi connectivity index (χ1n) is 3.46. The second-order valence-electron chi connectivity index (χ2n) is 2.35. The zero-order chi connectivity index (χ0) is 9.90.